The molecule has 0 saturated carbocycles. The Morgan fingerprint density at radius 2 is 2.06 bits per heavy atom. The molecule has 0 unspecified atom stereocenters. The number of halogens is 1. The molecule has 11 heteroatoms. The molecule has 3 aromatic heterocycles. The Bertz CT molecular complexity index is 1400. The second kappa shape index (κ2) is 8.38. The first-order valence-corrected chi connectivity index (χ1v) is 11.3. The van der Waals surface area contributed by atoms with Crippen molar-refractivity contribution in [3.63, 3.8) is 0 Å². The summed E-state index contributed by atoms with van der Waals surface area (Å²) < 4.78 is 1.77. The molecule has 9 nitrogen and oxygen atoms in total. The van der Waals surface area contributed by atoms with E-state index in [0.29, 0.717) is 45.6 Å². The molecule has 2 N–H and O–H groups in total. The van der Waals surface area contributed by atoms with Gasteiger partial charge in [-0.1, -0.05) is 22.9 Å². The van der Waals surface area contributed by atoms with Crippen molar-refractivity contribution in [2.24, 2.45) is 0 Å². The van der Waals surface area contributed by atoms with Crippen LogP contribution in [0.2, 0.25) is 5.02 Å². The van der Waals surface area contributed by atoms with Crippen LogP contribution < -0.4 is 10.6 Å². The SMILES string of the molecule is CNC(=O)c1ccc(-n2nc(-c3cnccn3)c3c2-c2sc(NC(C)=O)nc2CC3)c(Cl)c1. The number of aryl methyl sites for hydroxylation is 1. The molecule has 166 valence electrons. The lowest BCUT2D eigenvalue weighted by molar-refractivity contribution is -0.114. The molecule has 0 fully saturated rings. The molecule has 0 radical (unpaired) electrons. The van der Waals surface area contributed by atoms with Crippen LogP contribution in [0.15, 0.2) is 36.8 Å². The zero-order valence-electron chi connectivity index (χ0n) is 17.7. The maximum absolute atomic E-state index is 12.0. The van der Waals surface area contributed by atoms with Crippen molar-refractivity contribution in [2.75, 3.05) is 12.4 Å². The maximum Gasteiger partial charge on any atom is 0.251 e. The molecule has 0 aliphatic heterocycles. The first kappa shape index (κ1) is 21.2. The van der Waals surface area contributed by atoms with Gasteiger partial charge in [0.05, 0.1) is 33.2 Å². The van der Waals surface area contributed by atoms with Gasteiger partial charge in [0.25, 0.3) is 5.91 Å². The van der Waals surface area contributed by atoms with Crippen LogP contribution in [-0.2, 0) is 17.6 Å². The standard InChI is InChI=1S/C22H18ClN7O2S/c1-11(31)27-22-28-15-5-4-13-18(16-10-25-7-8-26-16)29-30(19(13)20(15)33-22)17-6-3-12(9-14(17)23)21(32)24-2/h3,6-10H,4-5H2,1-2H3,(H,24,32)(H,27,28,31). The minimum atomic E-state index is -0.226. The number of anilines is 1. The summed E-state index contributed by atoms with van der Waals surface area (Å²) in [6.07, 6.45) is 6.32. The molecular weight excluding hydrogens is 462 g/mol. The predicted molar refractivity (Wildman–Crippen MR) is 126 cm³/mol. The Hall–Kier alpha value is -3.63. The Kier molecular flexibility index (Phi) is 5.39. The number of nitrogens with one attached hydrogen (secondary N) is 2. The summed E-state index contributed by atoms with van der Waals surface area (Å²) >= 11 is 8.02. The van der Waals surface area contributed by atoms with Crippen LogP contribution >= 0.6 is 22.9 Å². The van der Waals surface area contributed by atoms with E-state index in [0.717, 1.165) is 21.8 Å². The molecule has 1 aliphatic carbocycles. The molecule has 0 atom stereocenters. The molecule has 33 heavy (non-hydrogen) atoms. The summed E-state index contributed by atoms with van der Waals surface area (Å²) in [4.78, 5) is 37.8. The quantitative estimate of drug-likeness (QED) is 0.462. The summed E-state index contributed by atoms with van der Waals surface area (Å²) in [7, 11) is 1.57. The van der Waals surface area contributed by atoms with Gasteiger partial charge in [-0.15, -0.1) is 0 Å². The molecule has 0 spiro atoms. The van der Waals surface area contributed by atoms with Crippen molar-refractivity contribution in [1.82, 2.24) is 30.0 Å². The normalized spacial score (nSPS) is 12.1. The summed E-state index contributed by atoms with van der Waals surface area (Å²) in [5.74, 6) is -0.404. The van der Waals surface area contributed by atoms with E-state index in [9.17, 15) is 9.59 Å². The van der Waals surface area contributed by atoms with E-state index in [2.05, 4.69) is 25.6 Å². The van der Waals surface area contributed by atoms with Crippen molar-refractivity contribution >= 4 is 39.9 Å². The lowest BCUT2D eigenvalue weighted by Crippen LogP contribution is -2.17. The van der Waals surface area contributed by atoms with Crippen LogP contribution in [0.5, 0.6) is 0 Å². The summed E-state index contributed by atoms with van der Waals surface area (Å²) in [6, 6.07) is 5.09. The zero-order valence-corrected chi connectivity index (χ0v) is 19.3. The van der Waals surface area contributed by atoms with Gasteiger partial charge < -0.3 is 10.6 Å². The minimum absolute atomic E-state index is 0.178. The van der Waals surface area contributed by atoms with Crippen LogP contribution in [0.25, 0.3) is 27.6 Å². The lowest BCUT2D eigenvalue weighted by Gasteiger charge is -2.15. The van der Waals surface area contributed by atoms with Gasteiger partial charge in [-0.3, -0.25) is 19.6 Å². The number of benzene rings is 1. The first-order valence-electron chi connectivity index (χ1n) is 10.1. The smallest absolute Gasteiger partial charge is 0.251 e. The third-order valence-corrected chi connectivity index (χ3v) is 6.58. The fourth-order valence-corrected chi connectivity index (χ4v) is 5.22. The summed E-state index contributed by atoms with van der Waals surface area (Å²) in [5.41, 5.74) is 5.19. The maximum atomic E-state index is 12.0. The largest absolute Gasteiger partial charge is 0.355 e. The molecule has 5 rings (SSSR count). The number of thiazole rings is 1. The van der Waals surface area contributed by atoms with Gasteiger partial charge >= 0.3 is 0 Å². The number of amides is 2. The molecule has 3 heterocycles. The van der Waals surface area contributed by atoms with Crippen molar-refractivity contribution in [3.8, 4) is 27.6 Å². The lowest BCUT2D eigenvalue weighted by atomic mass is 9.96. The zero-order chi connectivity index (χ0) is 23.1. The molecule has 4 aromatic rings. The topological polar surface area (TPSA) is 115 Å². The number of carbonyl (C=O) groups excluding carboxylic acids is 2. The predicted octanol–water partition coefficient (Wildman–Crippen LogP) is 3.52. The fraction of sp³-hybridized carbons (Fsp3) is 0.182. The number of aromatic nitrogens is 5. The monoisotopic (exact) mass is 479 g/mol. The molecule has 1 aliphatic rings. The summed E-state index contributed by atoms with van der Waals surface area (Å²) in [6.45, 7) is 1.45. The molecule has 0 bridgehead atoms. The number of carbonyl (C=O) groups is 2. The van der Waals surface area contributed by atoms with E-state index < -0.39 is 0 Å². The number of nitrogens with zero attached hydrogens (tertiary/aromatic N) is 5. The van der Waals surface area contributed by atoms with Gasteiger partial charge in [0.2, 0.25) is 5.91 Å². The average Bonchev–Trinajstić information content (AvgIpc) is 3.39. The number of rotatable bonds is 4. The van der Waals surface area contributed by atoms with E-state index in [1.54, 1.807) is 48.5 Å². The second-order valence-corrected chi connectivity index (χ2v) is 8.81. The van der Waals surface area contributed by atoms with Gasteiger partial charge in [0.15, 0.2) is 5.13 Å². The van der Waals surface area contributed by atoms with Crippen molar-refractivity contribution in [2.45, 2.75) is 19.8 Å². The Labute approximate surface area is 197 Å². The van der Waals surface area contributed by atoms with Crippen LogP contribution in [0.4, 0.5) is 5.13 Å². The number of fused-ring (bicyclic) bond motifs is 3. The Balaban J connectivity index is 1.73. The average molecular weight is 480 g/mol. The van der Waals surface area contributed by atoms with Gasteiger partial charge in [0, 0.05) is 37.5 Å². The van der Waals surface area contributed by atoms with E-state index in [4.69, 9.17) is 16.7 Å². The number of hydrogen-bond acceptors (Lipinski definition) is 7. The number of hydrogen-bond donors (Lipinski definition) is 2. The van der Waals surface area contributed by atoms with Crippen LogP contribution in [0, 0.1) is 0 Å². The van der Waals surface area contributed by atoms with Crippen molar-refractivity contribution < 1.29 is 9.59 Å². The van der Waals surface area contributed by atoms with E-state index in [1.165, 1.54) is 18.3 Å². The van der Waals surface area contributed by atoms with E-state index >= 15 is 0 Å². The van der Waals surface area contributed by atoms with Crippen LogP contribution in [-0.4, -0.2) is 43.6 Å². The van der Waals surface area contributed by atoms with E-state index in [-0.39, 0.29) is 11.8 Å². The third kappa shape index (κ3) is 3.77. The third-order valence-electron chi connectivity index (χ3n) is 5.26. The highest BCUT2D eigenvalue weighted by atomic mass is 35.5. The Morgan fingerprint density at radius 3 is 2.76 bits per heavy atom. The first-order chi connectivity index (χ1) is 16.0. The fourth-order valence-electron chi connectivity index (χ4n) is 3.84. The van der Waals surface area contributed by atoms with E-state index in [1.807, 2.05) is 0 Å². The molecular formula is C22H18ClN7O2S. The molecule has 2 amide bonds. The van der Waals surface area contributed by atoms with Gasteiger partial charge in [-0.25, -0.2) is 9.67 Å². The van der Waals surface area contributed by atoms with Gasteiger partial charge in [-0.2, -0.15) is 5.10 Å². The highest BCUT2D eigenvalue weighted by Gasteiger charge is 2.31. The Morgan fingerprint density at radius 1 is 1.21 bits per heavy atom. The molecule has 0 saturated heterocycles. The van der Waals surface area contributed by atoms with Gasteiger partial charge in [0.1, 0.15) is 11.4 Å². The highest BCUT2D eigenvalue weighted by molar-refractivity contribution is 7.19. The van der Waals surface area contributed by atoms with Gasteiger partial charge in [-0.05, 0) is 31.0 Å². The second-order valence-electron chi connectivity index (χ2n) is 7.40. The molecule has 1 aromatic carbocycles. The van der Waals surface area contributed by atoms with Crippen LogP contribution in [0.1, 0.15) is 28.5 Å². The van der Waals surface area contributed by atoms with Crippen LogP contribution in [0.3, 0.4) is 0 Å². The minimum Gasteiger partial charge on any atom is -0.355 e. The van der Waals surface area contributed by atoms with Crippen molar-refractivity contribution in [1.29, 1.82) is 0 Å². The highest BCUT2D eigenvalue weighted by Crippen LogP contribution is 2.44. The summed E-state index contributed by atoms with van der Waals surface area (Å²) in [5, 5.41) is 11.2. The van der Waals surface area contributed by atoms with Crippen molar-refractivity contribution in [3.05, 3.63) is 58.6 Å².